The molecule has 1 aliphatic rings. The molecule has 1 radical (unpaired) electrons. The van der Waals surface area contributed by atoms with Crippen LogP contribution in [0.3, 0.4) is 0 Å². The van der Waals surface area contributed by atoms with Gasteiger partial charge in [-0.3, -0.25) is 5.32 Å². The van der Waals surface area contributed by atoms with Gasteiger partial charge in [0.1, 0.15) is 6.67 Å². The van der Waals surface area contributed by atoms with Crippen LogP contribution in [0.2, 0.25) is 5.02 Å². The maximum Gasteiger partial charge on any atom is 0.114 e. The van der Waals surface area contributed by atoms with E-state index < -0.39 is 0 Å². The lowest BCUT2D eigenvalue weighted by Gasteiger charge is -2.15. The van der Waals surface area contributed by atoms with Gasteiger partial charge in [-0.2, -0.15) is 0 Å². The van der Waals surface area contributed by atoms with Crippen molar-refractivity contribution in [2.45, 2.75) is 0 Å². The molecule has 0 atom stereocenters. The molecular formula is C9H8ClN2. The van der Waals surface area contributed by atoms with E-state index in [1.807, 2.05) is 35.4 Å². The maximum atomic E-state index is 5.99. The number of halogens is 1. The first-order valence-electron chi connectivity index (χ1n) is 3.72. The average Bonchev–Trinajstić information content (AvgIpc) is 2.57. The molecule has 0 fully saturated rings. The van der Waals surface area contributed by atoms with Crippen LogP contribution in [0.4, 0.5) is 5.69 Å². The van der Waals surface area contributed by atoms with Crippen LogP contribution in [-0.4, -0.2) is 6.67 Å². The van der Waals surface area contributed by atoms with Crippen LogP contribution < -0.4 is 10.2 Å². The molecule has 0 aromatic heterocycles. The second kappa shape index (κ2) is 3.07. The Bertz CT molecular complexity index is 309. The number of nitrogens with zero attached hydrogens (tertiary/aromatic N) is 2. The SMILES string of the molecule is Clc1ccccc1N1C=C[N]C1. The molecule has 0 saturated heterocycles. The van der Waals surface area contributed by atoms with E-state index in [4.69, 9.17) is 11.6 Å². The number of para-hydroxylation sites is 1. The second-order valence-corrected chi connectivity index (χ2v) is 2.95. The minimum absolute atomic E-state index is 0.670. The third-order valence-corrected chi connectivity index (χ3v) is 2.07. The van der Waals surface area contributed by atoms with Crippen molar-refractivity contribution in [2.75, 3.05) is 11.6 Å². The van der Waals surface area contributed by atoms with Crippen LogP contribution in [0, 0.1) is 0 Å². The van der Waals surface area contributed by atoms with E-state index >= 15 is 0 Å². The molecule has 1 aromatic carbocycles. The number of hydrogen-bond donors (Lipinski definition) is 0. The van der Waals surface area contributed by atoms with Gasteiger partial charge in [0.25, 0.3) is 0 Å². The molecule has 0 spiro atoms. The molecule has 12 heavy (non-hydrogen) atoms. The molecule has 0 unspecified atom stereocenters. The van der Waals surface area contributed by atoms with E-state index in [2.05, 4.69) is 5.32 Å². The monoisotopic (exact) mass is 179 g/mol. The summed E-state index contributed by atoms with van der Waals surface area (Å²) in [5, 5.41) is 4.83. The summed E-state index contributed by atoms with van der Waals surface area (Å²) >= 11 is 5.99. The fraction of sp³-hybridized carbons (Fsp3) is 0.111. The number of rotatable bonds is 1. The van der Waals surface area contributed by atoms with Crippen LogP contribution in [0.25, 0.3) is 0 Å². The quantitative estimate of drug-likeness (QED) is 0.646. The highest BCUT2D eigenvalue weighted by molar-refractivity contribution is 6.33. The van der Waals surface area contributed by atoms with E-state index in [-0.39, 0.29) is 0 Å². The normalized spacial score (nSPS) is 14.9. The fourth-order valence-electron chi connectivity index (χ4n) is 1.15. The predicted octanol–water partition coefficient (Wildman–Crippen LogP) is 2.19. The van der Waals surface area contributed by atoms with Crippen LogP contribution >= 0.6 is 11.6 Å². The van der Waals surface area contributed by atoms with Gasteiger partial charge in [0.05, 0.1) is 10.7 Å². The minimum atomic E-state index is 0.670. The second-order valence-electron chi connectivity index (χ2n) is 2.54. The summed E-state index contributed by atoms with van der Waals surface area (Å²) in [5.74, 6) is 0. The topological polar surface area (TPSA) is 17.3 Å². The molecule has 0 N–H and O–H groups in total. The predicted molar refractivity (Wildman–Crippen MR) is 50.1 cm³/mol. The van der Waals surface area contributed by atoms with E-state index in [0.717, 1.165) is 10.7 Å². The third-order valence-electron chi connectivity index (χ3n) is 1.75. The maximum absolute atomic E-state index is 5.99. The van der Waals surface area contributed by atoms with Crippen molar-refractivity contribution >= 4 is 17.3 Å². The van der Waals surface area contributed by atoms with Crippen LogP contribution in [0.1, 0.15) is 0 Å². The summed E-state index contributed by atoms with van der Waals surface area (Å²) in [6.07, 6.45) is 3.70. The lowest BCUT2D eigenvalue weighted by Crippen LogP contribution is -2.16. The summed E-state index contributed by atoms with van der Waals surface area (Å²) in [5.41, 5.74) is 1.01. The highest BCUT2D eigenvalue weighted by Crippen LogP contribution is 2.25. The Morgan fingerprint density at radius 2 is 2.17 bits per heavy atom. The summed E-state index contributed by atoms with van der Waals surface area (Å²) in [6.45, 7) is 0.670. The first-order valence-corrected chi connectivity index (χ1v) is 4.10. The van der Waals surface area contributed by atoms with Gasteiger partial charge < -0.3 is 4.90 Å². The number of anilines is 1. The molecule has 2 rings (SSSR count). The summed E-state index contributed by atoms with van der Waals surface area (Å²) < 4.78 is 0. The molecule has 0 aliphatic carbocycles. The first kappa shape index (κ1) is 7.50. The molecule has 2 nitrogen and oxygen atoms in total. The molecule has 1 aromatic rings. The van der Waals surface area contributed by atoms with Crippen LogP contribution in [-0.2, 0) is 0 Å². The number of benzene rings is 1. The fourth-order valence-corrected chi connectivity index (χ4v) is 1.40. The molecule has 61 valence electrons. The molecular weight excluding hydrogens is 172 g/mol. The van der Waals surface area contributed by atoms with Gasteiger partial charge in [-0.05, 0) is 12.1 Å². The lowest BCUT2D eigenvalue weighted by atomic mass is 10.3. The molecule has 0 amide bonds. The Labute approximate surface area is 76.4 Å². The van der Waals surface area contributed by atoms with Crippen LogP contribution in [0.15, 0.2) is 36.7 Å². The molecule has 3 heteroatoms. The Hall–Kier alpha value is -1.15. The zero-order chi connectivity index (χ0) is 8.39. The highest BCUT2D eigenvalue weighted by Gasteiger charge is 2.09. The molecule has 1 heterocycles. The minimum Gasteiger partial charge on any atom is -0.325 e. The summed E-state index contributed by atoms with van der Waals surface area (Å²) in [6, 6.07) is 7.74. The largest absolute Gasteiger partial charge is 0.325 e. The van der Waals surface area contributed by atoms with E-state index in [1.165, 1.54) is 0 Å². The van der Waals surface area contributed by atoms with Crippen molar-refractivity contribution < 1.29 is 0 Å². The van der Waals surface area contributed by atoms with Gasteiger partial charge in [-0.15, -0.1) is 0 Å². The standard InChI is InChI=1S/C9H8ClN2/c10-8-3-1-2-4-9(8)12-6-5-11-7-12/h1-6H,7H2. The highest BCUT2D eigenvalue weighted by atomic mass is 35.5. The Morgan fingerprint density at radius 3 is 2.83 bits per heavy atom. The van der Waals surface area contributed by atoms with Gasteiger partial charge in [0.2, 0.25) is 0 Å². The third kappa shape index (κ3) is 1.25. The van der Waals surface area contributed by atoms with Gasteiger partial charge in [-0.25, -0.2) is 0 Å². The van der Waals surface area contributed by atoms with Crippen LogP contribution in [0.5, 0.6) is 0 Å². The van der Waals surface area contributed by atoms with Crippen molar-refractivity contribution in [1.82, 2.24) is 5.32 Å². The van der Waals surface area contributed by atoms with E-state index in [1.54, 1.807) is 6.20 Å². The zero-order valence-electron chi connectivity index (χ0n) is 6.44. The zero-order valence-corrected chi connectivity index (χ0v) is 7.20. The Balaban J connectivity index is 2.33. The van der Waals surface area contributed by atoms with Gasteiger partial charge in [0.15, 0.2) is 0 Å². The number of hydrogen-bond acceptors (Lipinski definition) is 1. The smallest absolute Gasteiger partial charge is 0.114 e. The molecule has 1 aliphatic heterocycles. The van der Waals surface area contributed by atoms with Crippen molar-refractivity contribution in [2.24, 2.45) is 0 Å². The Kier molecular flexibility index (Phi) is 1.92. The van der Waals surface area contributed by atoms with Crippen molar-refractivity contribution in [1.29, 1.82) is 0 Å². The van der Waals surface area contributed by atoms with Gasteiger partial charge in [-0.1, -0.05) is 23.7 Å². The summed E-state index contributed by atoms with van der Waals surface area (Å²) in [7, 11) is 0. The lowest BCUT2D eigenvalue weighted by molar-refractivity contribution is 0.886. The van der Waals surface area contributed by atoms with Crippen molar-refractivity contribution in [3.8, 4) is 0 Å². The summed E-state index contributed by atoms with van der Waals surface area (Å²) in [4.78, 5) is 2.00. The van der Waals surface area contributed by atoms with Gasteiger partial charge >= 0.3 is 0 Å². The molecule has 0 saturated carbocycles. The van der Waals surface area contributed by atoms with Gasteiger partial charge in [0, 0.05) is 12.4 Å². The first-order chi connectivity index (χ1) is 5.88. The Morgan fingerprint density at radius 1 is 1.33 bits per heavy atom. The average molecular weight is 180 g/mol. The van der Waals surface area contributed by atoms with Crippen molar-refractivity contribution in [3.05, 3.63) is 41.7 Å². The molecule has 0 bridgehead atoms. The van der Waals surface area contributed by atoms with E-state index in [9.17, 15) is 0 Å². The van der Waals surface area contributed by atoms with Crippen molar-refractivity contribution in [3.63, 3.8) is 0 Å². The van der Waals surface area contributed by atoms with E-state index in [0.29, 0.717) is 6.67 Å².